The summed E-state index contributed by atoms with van der Waals surface area (Å²) in [7, 11) is 0. The lowest BCUT2D eigenvalue weighted by molar-refractivity contribution is -0.118. The summed E-state index contributed by atoms with van der Waals surface area (Å²) >= 11 is 1.14. The van der Waals surface area contributed by atoms with E-state index in [-0.39, 0.29) is 18.1 Å². The largest absolute Gasteiger partial charge is 0.462 e. The topological polar surface area (TPSA) is 90.3 Å². The SMILES string of the molecule is CCOC(=O)c1sc2nc(C)n(C(C)C(=O)Nc3ccc(CC)cc3)c(=O)c2c1C. The Morgan fingerprint density at radius 2 is 1.87 bits per heavy atom. The normalized spacial score (nSPS) is 12.0. The Labute approximate surface area is 178 Å². The van der Waals surface area contributed by atoms with Gasteiger partial charge < -0.3 is 10.1 Å². The molecule has 1 unspecified atom stereocenters. The monoisotopic (exact) mass is 427 g/mol. The van der Waals surface area contributed by atoms with Crippen molar-refractivity contribution < 1.29 is 14.3 Å². The van der Waals surface area contributed by atoms with Crippen LogP contribution in [0.15, 0.2) is 29.1 Å². The number of amides is 1. The van der Waals surface area contributed by atoms with Crippen LogP contribution >= 0.6 is 11.3 Å². The molecule has 0 aliphatic heterocycles. The molecule has 0 spiro atoms. The van der Waals surface area contributed by atoms with E-state index in [1.165, 1.54) is 10.1 Å². The maximum atomic E-state index is 13.2. The fourth-order valence-corrected chi connectivity index (χ4v) is 4.44. The van der Waals surface area contributed by atoms with Crippen LogP contribution in [-0.2, 0) is 16.0 Å². The van der Waals surface area contributed by atoms with Crippen LogP contribution in [0.1, 0.15) is 53.4 Å². The second kappa shape index (κ2) is 8.79. The molecule has 1 atom stereocenters. The number of ether oxygens (including phenoxy) is 1. The van der Waals surface area contributed by atoms with E-state index in [4.69, 9.17) is 4.74 Å². The Bertz CT molecular complexity index is 1160. The lowest BCUT2D eigenvalue weighted by Gasteiger charge is -2.17. The maximum absolute atomic E-state index is 13.2. The quantitative estimate of drug-likeness (QED) is 0.600. The molecule has 0 saturated heterocycles. The molecule has 0 radical (unpaired) electrons. The average Bonchev–Trinajstić information content (AvgIpc) is 3.05. The van der Waals surface area contributed by atoms with Crippen LogP contribution in [0.4, 0.5) is 5.69 Å². The number of hydrogen-bond donors (Lipinski definition) is 1. The van der Waals surface area contributed by atoms with Crippen LogP contribution in [0, 0.1) is 13.8 Å². The van der Waals surface area contributed by atoms with Gasteiger partial charge in [-0.3, -0.25) is 14.2 Å². The second-order valence-electron chi connectivity index (χ2n) is 7.01. The van der Waals surface area contributed by atoms with Crippen LogP contribution in [0.2, 0.25) is 0 Å². The van der Waals surface area contributed by atoms with E-state index in [1.54, 1.807) is 27.7 Å². The molecule has 7 nitrogen and oxygen atoms in total. The van der Waals surface area contributed by atoms with Gasteiger partial charge in [0.25, 0.3) is 5.56 Å². The summed E-state index contributed by atoms with van der Waals surface area (Å²) < 4.78 is 6.45. The Hall–Kier alpha value is -3.00. The number of nitrogens with zero attached hydrogens (tertiary/aromatic N) is 2. The smallest absolute Gasteiger partial charge is 0.348 e. The third kappa shape index (κ3) is 4.00. The van der Waals surface area contributed by atoms with E-state index < -0.39 is 12.0 Å². The van der Waals surface area contributed by atoms with Gasteiger partial charge in [-0.2, -0.15) is 0 Å². The molecule has 8 heteroatoms. The van der Waals surface area contributed by atoms with Gasteiger partial charge in [0.05, 0.1) is 12.0 Å². The number of hydrogen-bond acceptors (Lipinski definition) is 6. The highest BCUT2D eigenvalue weighted by molar-refractivity contribution is 7.20. The van der Waals surface area contributed by atoms with Gasteiger partial charge in [0.15, 0.2) is 0 Å². The number of carbonyl (C=O) groups is 2. The zero-order valence-corrected chi connectivity index (χ0v) is 18.6. The average molecular weight is 428 g/mol. The highest BCUT2D eigenvalue weighted by atomic mass is 32.1. The van der Waals surface area contributed by atoms with Crippen LogP contribution in [0.3, 0.4) is 0 Å². The van der Waals surface area contributed by atoms with E-state index >= 15 is 0 Å². The Balaban J connectivity index is 1.97. The van der Waals surface area contributed by atoms with E-state index in [0.29, 0.717) is 32.2 Å². The highest BCUT2D eigenvalue weighted by Gasteiger charge is 2.25. The third-order valence-electron chi connectivity index (χ3n) is 5.03. The molecule has 158 valence electrons. The van der Waals surface area contributed by atoms with Gasteiger partial charge in [-0.25, -0.2) is 9.78 Å². The minimum absolute atomic E-state index is 0.250. The summed E-state index contributed by atoms with van der Waals surface area (Å²) in [6.07, 6.45) is 0.915. The van der Waals surface area contributed by atoms with Crippen molar-refractivity contribution in [2.75, 3.05) is 11.9 Å². The van der Waals surface area contributed by atoms with Crippen molar-refractivity contribution in [3.05, 3.63) is 56.4 Å². The fourth-order valence-electron chi connectivity index (χ4n) is 3.33. The molecule has 3 rings (SSSR count). The highest BCUT2D eigenvalue weighted by Crippen LogP contribution is 2.28. The van der Waals surface area contributed by atoms with E-state index in [2.05, 4.69) is 17.2 Å². The molecule has 1 amide bonds. The summed E-state index contributed by atoms with van der Waals surface area (Å²) in [5, 5.41) is 3.20. The van der Waals surface area contributed by atoms with Crippen molar-refractivity contribution in [2.24, 2.45) is 0 Å². The molecular weight excluding hydrogens is 402 g/mol. The molecule has 30 heavy (non-hydrogen) atoms. The molecule has 0 bridgehead atoms. The molecule has 1 aromatic carbocycles. The molecule has 0 aliphatic carbocycles. The minimum atomic E-state index is -0.773. The van der Waals surface area contributed by atoms with Gasteiger partial charge >= 0.3 is 5.97 Å². The van der Waals surface area contributed by atoms with Crippen LogP contribution in [0.25, 0.3) is 10.2 Å². The summed E-state index contributed by atoms with van der Waals surface area (Å²) in [5.74, 6) is -0.375. The number of aromatic nitrogens is 2. The first kappa shape index (κ1) is 21.7. The molecule has 2 heterocycles. The first-order valence-electron chi connectivity index (χ1n) is 9.87. The molecule has 1 N–H and O–H groups in total. The number of carbonyl (C=O) groups excluding carboxylic acids is 2. The van der Waals surface area contributed by atoms with Crippen molar-refractivity contribution in [2.45, 2.75) is 47.1 Å². The molecule has 2 aromatic heterocycles. The van der Waals surface area contributed by atoms with Gasteiger partial charge in [-0.15, -0.1) is 11.3 Å². The van der Waals surface area contributed by atoms with E-state index in [0.717, 1.165) is 17.8 Å². The fraction of sp³-hybridized carbons (Fsp3) is 0.364. The maximum Gasteiger partial charge on any atom is 0.348 e. The van der Waals surface area contributed by atoms with Gasteiger partial charge in [0.2, 0.25) is 5.91 Å². The number of aryl methyl sites for hydroxylation is 3. The zero-order valence-electron chi connectivity index (χ0n) is 17.7. The number of fused-ring (bicyclic) bond motifs is 1. The van der Waals surface area contributed by atoms with Crippen molar-refractivity contribution in [3.63, 3.8) is 0 Å². The second-order valence-corrected chi connectivity index (χ2v) is 8.01. The van der Waals surface area contributed by atoms with Gasteiger partial charge in [-0.1, -0.05) is 19.1 Å². The summed E-state index contributed by atoms with van der Waals surface area (Å²) in [5.41, 5.74) is 2.03. The molecule has 0 fully saturated rings. The predicted molar refractivity (Wildman–Crippen MR) is 118 cm³/mol. The number of nitrogens with one attached hydrogen (secondary N) is 1. The summed E-state index contributed by atoms with van der Waals surface area (Å²) in [6, 6.07) is 6.82. The number of thiophene rings is 1. The lowest BCUT2D eigenvalue weighted by atomic mass is 10.1. The number of anilines is 1. The number of esters is 1. The Kier molecular flexibility index (Phi) is 6.36. The van der Waals surface area contributed by atoms with E-state index in [9.17, 15) is 14.4 Å². The van der Waals surface area contributed by atoms with Gasteiger partial charge in [0, 0.05) is 5.69 Å². The van der Waals surface area contributed by atoms with Crippen molar-refractivity contribution in [1.29, 1.82) is 0 Å². The van der Waals surface area contributed by atoms with Gasteiger partial charge in [-0.05, 0) is 57.4 Å². The first-order chi connectivity index (χ1) is 14.3. The number of rotatable bonds is 6. The summed E-state index contributed by atoms with van der Waals surface area (Å²) in [4.78, 5) is 43.6. The standard InChI is InChI=1S/C22H25N3O4S/c1-6-15-8-10-16(11-9-15)24-19(26)13(4)25-14(5)23-20-17(21(25)27)12(3)18(30-20)22(28)29-7-2/h8-11,13H,6-7H2,1-5H3,(H,24,26). The molecule has 0 aliphatic rings. The third-order valence-corrected chi connectivity index (χ3v) is 6.20. The molecule has 0 saturated carbocycles. The van der Waals surface area contributed by atoms with E-state index in [1.807, 2.05) is 24.3 Å². The van der Waals surface area contributed by atoms with Crippen LogP contribution < -0.4 is 10.9 Å². The van der Waals surface area contributed by atoms with Crippen molar-refractivity contribution >= 4 is 39.1 Å². The van der Waals surface area contributed by atoms with Crippen LogP contribution in [0.5, 0.6) is 0 Å². The lowest BCUT2D eigenvalue weighted by Crippen LogP contribution is -2.33. The Morgan fingerprint density at radius 3 is 2.47 bits per heavy atom. The van der Waals surface area contributed by atoms with Crippen LogP contribution in [-0.4, -0.2) is 28.0 Å². The predicted octanol–water partition coefficient (Wildman–Crippen LogP) is 4.01. The van der Waals surface area contributed by atoms with Gasteiger partial charge in [0.1, 0.15) is 21.6 Å². The summed E-state index contributed by atoms with van der Waals surface area (Å²) in [6.45, 7) is 9.08. The molecule has 3 aromatic rings. The first-order valence-corrected chi connectivity index (χ1v) is 10.7. The Morgan fingerprint density at radius 1 is 1.20 bits per heavy atom. The molecular formula is C22H25N3O4S. The zero-order chi connectivity index (χ0) is 22.0. The minimum Gasteiger partial charge on any atom is -0.462 e. The van der Waals surface area contributed by atoms with Crippen molar-refractivity contribution in [3.8, 4) is 0 Å². The van der Waals surface area contributed by atoms with Crippen molar-refractivity contribution in [1.82, 2.24) is 9.55 Å². The number of benzene rings is 1.